The van der Waals surface area contributed by atoms with Crippen LogP contribution in [0.1, 0.15) is 264 Å². The third-order valence-electron chi connectivity index (χ3n) is 11.6. The highest BCUT2D eigenvalue weighted by Crippen LogP contribution is 2.43. The zero-order valence-electron chi connectivity index (χ0n) is 39.5. The number of hydrogen-bond acceptors (Lipinski definition) is 8. The van der Waals surface area contributed by atoms with Crippen molar-refractivity contribution in [2.24, 2.45) is 0 Å². The van der Waals surface area contributed by atoms with E-state index in [1.807, 2.05) is 0 Å². The van der Waals surface area contributed by atoms with Crippen LogP contribution in [0.4, 0.5) is 0 Å². The summed E-state index contributed by atoms with van der Waals surface area (Å²) in [7, 11) is -4.75. The quantitative estimate of drug-likeness (QED) is 0.0262. The molecule has 0 aromatic carbocycles. The molecule has 11 nitrogen and oxygen atoms in total. The Bertz CT molecular complexity index is 1050. The number of esters is 1. The topological polar surface area (TPSA) is 169 Å². The summed E-state index contributed by atoms with van der Waals surface area (Å²) in [6.07, 6.45) is 45.7. The van der Waals surface area contributed by atoms with Crippen LogP contribution in [-0.4, -0.2) is 64.9 Å². The molecule has 3 atom stereocenters. The average molecular weight is 890 g/mol. The van der Waals surface area contributed by atoms with Gasteiger partial charge in [-0.3, -0.25) is 18.6 Å². The first-order valence-corrected chi connectivity index (χ1v) is 27.1. The minimum absolute atomic E-state index is 0.152. The molecule has 0 saturated carbocycles. The third kappa shape index (κ3) is 44.9. The highest BCUT2D eigenvalue weighted by Gasteiger charge is 2.28. The fourth-order valence-electron chi connectivity index (χ4n) is 7.67. The molecule has 0 fully saturated rings. The molecule has 0 aliphatic heterocycles. The minimum Gasteiger partial charge on any atom is -0.480 e. The number of carbonyl (C=O) groups is 3. The molecular weight excluding hydrogens is 794 g/mol. The number of phosphoric acid groups is 1. The number of aliphatic hydroxyl groups is 1. The van der Waals surface area contributed by atoms with E-state index in [2.05, 4.69) is 19.2 Å². The van der Waals surface area contributed by atoms with Gasteiger partial charge in [0.25, 0.3) is 0 Å². The van der Waals surface area contributed by atoms with Gasteiger partial charge in [-0.25, -0.2) is 9.36 Å². The van der Waals surface area contributed by atoms with Gasteiger partial charge in [-0.2, -0.15) is 0 Å². The second-order valence-electron chi connectivity index (χ2n) is 17.7. The van der Waals surface area contributed by atoms with Crippen molar-refractivity contribution >= 4 is 25.7 Å². The summed E-state index contributed by atoms with van der Waals surface area (Å²) in [5.74, 6) is -2.35. The maximum Gasteiger partial charge on any atom is 0.472 e. The van der Waals surface area contributed by atoms with E-state index in [-0.39, 0.29) is 12.8 Å². The van der Waals surface area contributed by atoms with Gasteiger partial charge in [0.15, 0.2) is 6.04 Å². The number of amides is 1. The van der Waals surface area contributed by atoms with Crippen LogP contribution < -0.4 is 5.32 Å². The largest absolute Gasteiger partial charge is 0.480 e. The lowest BCUT2D eigenvalue weighted by atomic mass is 10.0. The van der Waals surface area contributed by atoms with Crippen molar-refractivity contribution in [3.05, 3.63) is 0 Å². The lowest BCUT2D eigenvalue weighted by molar-refractivity contribution is -0.147. The van der Waals surface area contributed by atoms with E-state index in [9.17, 15) is 34.1 Å². The predicted molar refractivity (Wildman–Crippen MR) is 250 cm³/mol. The Morgan fingerprint density at radius 2 is 0.754 bits per heavy atom. The fourth-order valence-corrected chi connectivity index (χ4v) is 8.44. The van der Waals surface area contributed by atoms with E-state index < -0.39 is 57.6 Å². The van der Waals surface area contributed by atoms with Crippen molar-refractivity contribution in [2.75, 3.05) is 19.8 Å². The number of aliphatic hydroxyl groups excluding tert-OH is 1. The molecule has 4 N–H and O–H groups in total. The number of aliphatic carboxylic acids is 1. The molecule has 0 heterocycles. The van der Waals surface area contributed by atoms with E-state index in [0.717, 1.165) is 38.5 Å². The van der Waals surface area contributed by atoms with E-state index in [4.69, 9.17) is 13.8 Å². The number of phosphoric ester groups is 1. The monoisotopic (exact) mass is 890 g/mol. The van der Waals surface area contributed by atoms with Crippen LogP contribution in [0, 0.1) is 0 Å². The van der Waals surface area contributed by atoms with E-state index in [1.165, 1.54) is 186 Å². The molecule has 0 aliphatic rings. The summed E-state index contributed by atoms with van der Waals surface area (Å²) in [6.45, 7) is 2.64. The molecule has 0 radical (unpaired) electrons. The Morgan fingerprint density at radius 3 is 1.08 bits per heavy atom. The summed E-state index contributed by atoms with van der Waals surface area (Å²) in [6, 6.07) is -1.54. The molecule has 1 amide bonds. The zero-order valence-corrected chi connectivity index (χ0v) is 40.4. The van der Waals surface area contributed by atoms with Crippen LogP contribution in [0.5, 0.6) is 0 Å². The first-order chi connectivity index (χ1) is 29.6. The van der Waals surface area contributed by atoms with Crippen LogP contribution in [0.2, 0.25) is 0 Å². The number of rotatable bonds is 49. The van der Waals surface area contributed by atoms with Gasteiger partial charge in [0.1, 0.15) is 12.7 Å². The standard InChI is InChI=1S/C49H96NO10P/c1-3-5-7-9-11-13-15-17-18-19-20-21-22-23-24-25-26-27-29-31-33-35-37-39-41-48(53)58-42-45(51)43-59-61(56,57)60-44-46(49(54)55)50-47(52)40-38-36-34-32-30-28-16-14-12-10-8-6-4-2/h45-46,51H,3-44H2,1-2H3,(H,50,52)(H,54,55)(H,56,57). The molecule has 0 spiro atoms. The Kier molecular flexibility index (Phi) is 43.9. The number of carbonyl (C=O) groups excluding carboxylic acids is 2. The number of carboxylic acids is 1. The maximum atomic E-state index is 12.3. The number of unbranched alkanes of at least 4 members (excludes halogenated alkanes) is 35. The van der Waals surface area contributed by atoms with E-state index >= 15 is 0 Å². The minimum atomic E-state index is -4.75. The van der Waals surface area contributed by atoms with Gasteiger partial charge >= 0.3 is 19.8 Å². The molecule has 3 unspecified atom stereocenters. The maximum absolute atomic E-state index is 12.3. The second-order valence-corrected chi connectivity index (χ2v) is 19.2. The molecule has 0 bridgehead atoms. The van der Waals surface area contributed by atoms with Crippen LogP contribution in [0.3, 0.4) is 0 Å². The normalized spacial score (nSPS) is 13.5. The Labute approximate surface area is 374 Å². The first kappa shape index (κ1) is 59.5. The van der Waals surface area contributed by atoms with Crippen molar-refractivity contribution in [2.45, 2.75) is 276 Å². The smallest absolute Gasteiger partial charge is 0.472 e. The molecule has 0 aromatic heterocycles. The van der Waals surface area contributed by atoms with Crippen molar-refractivity contribution in [3.63, 3.8) is 0 Å². The molecule has 61 heavy (non-hydrogen) atoms. The zero-order chi connectivity index (χ0) is 44.9. The lowest BCUT2D eigenvalue weighted by Crippen LogP contribution is -2.43. The van der Waals surface area contributed by atoms with Gasteiger partial charge in [0.2, 0.25) is 5.91 Å². The van der Waals surface area contributed by atoms with E-state index in [0.29, 0.717) is 12.8 Å². The Morgan fingerprint density at radius 1 is 0.459 bits per heavy atom. The lowest BCUT2D eigenvalue weighted by Gasteiger charge is -2.18. The van der Waals surface area contributed by atoms with E-state index in [1.54, 1.807) is 0 Å². The van der Waals surface area contributed by atoms with Crippen molar-refractivity contribution in [3.8, 4) is 0 Å². The van der Waals surface area contributed by atoms with Gasteiger partial charge < -0.3 is 25.2 Å². The molecule has 0 rings (SSSR count). The predicted octanol–water partition coefficient (Wildman–Crippen LogP) is 13.8. The molecule has 362 valence electrons. The molecule has 0 aliphatic carbocycles. The van der Waals surface area contributed by atoms with Crippen LogP contribution in [0.25, 0.3) is 0 Å². The number of carboxylic acid groups (broad SMARTS) is 1. The second kappa shape index (κ2) is 45.1. The highest BCUT2D eigenvalue weighted by atomic mass is 31.2. The Balaban J connectivity index is 3.73. The van der Waals surface area contributed by atoms with Crippen molar-refractivity contribution < 1.29 is 47.8 Å². The van der Waals surface area contributed by atoms with Crippen LogP contribution in [-0.2, 0) is 32.7 Å². The van der Waals surface area contributed by atoms with Gasteiger partial charge in [-0.15, -0.1) is 0 Å². The molecule has 12 heteroatoms. The van der Waals surface area contributed by atoms with Gasteiger partial charge in [0, 0.05) is 12.8 Å². The fraction of sp³-hybridized carbons (Fsp3) is 0.939. The average Bonchev–Trinajstić information content (AvgIpc) is 3.24. The molecule has 0 saturated heterocycles. The summed E-state index contributed by atoms with van der Waals surface area (Å²) in [5, 5.41) is 21.9. The summed E-state index contributed by atoms with van der Waals surface area (Å²) in [5.41, 5.74) is 0. The Hall–Kier alpha value is -1.52. The van der Waals surface area contributed by atoms with Crippen molar-refractivity contribution in [1.82, 2.24) is 5.32 Å². The first-order valence-electron chi connectivity index (χ1n) is 25.6. The van der Waals surface area contributed by atoms with Gasteiger partial charge in [-0.1, -0.05) is 239 Å². The van der Waals surface area contributed by atoms with Crippen LogP contribution >= 0.6 is 7.82 Å². The van der Waals surface area contributed by atoms with Crippen molar-refractivity contribution in [1.29, 1.82) is 0 Å². The number of nitrogens with one attached hydrogen (secondary N) is 1. The SMILES string of the molecule is CCCCCCCCCCCCCCCCCCCCCCCCCCC(=O)OCC(O)COP(=O)(O)OCC(NC(=O)CCCCCCCCCCCCCCC)C(=O)O. The van der Waals surface area contributed by atoms with Gasteiger partial charge in [0.05, 0.1) is 13.2 Å². The number of ether oxygens (including phenoxy) is 1. The summed E-state index contributed by atoms with van der Waals surface area (Å²) >= 11 is 0. The highest BCUT2D eigenvalue weighted by molar-refractivity contribution is 7.47. The summed E-state index contributed by atoms with van der Waals surface area (Å²) in [4.78, 5) is 46.0. The molecular formula is C49H96NO10P. The van der Waals surface area contributed by atoms with Crippen LogP contribution in [0.15, 0.2) is 0 Å². The summed E-state index contributed by atoms with van der Waals surface area (Å²) < 4.78 is 26.9. The number of hydrogen-bond donors (Lipinski definition) is 4. The third-order valence-corrected chi connectivity index (χ3v) is 12.6. The molecule has 0 aromatic rings. The van der Waals surface area contributed by atoms with Gasteiger partial charge in [-0.05, 0) is 12.8 Å².